The number of aryl methyl sites for hydroxylation is 1. The molecule has 0 aliphatic carbocycles. The number of anilines is 1. The smallest absolute Gasteiger partial charge is 0.279 e. The van der Waals surface area contributed by atoms with E-state index < -0.39 is 70.0 Å². The second kappa shape index (κ2) is 10.8. The molecule has 1 N–H and O–H groups in total. The van der Waals surface area contributed by atoms with Crippen LogP contribution in [0.4, 0.5) is 23.2 Å². The van der Waals surface area contributed by atoms with Gasteiger partial charge in [-0.3, -0.25) is 14.4 Å². The van der Waals surface area contributed by atoms with Crippen LogP contribution in [0.2, 0.25) is 0 Å². The van der Waals surface area contributed by atoms with Crippen LogP contribution >= 0.6 is 0 Å². The van der Waals surface area contributed by atoms with Crippen molar-refractivity contribution >= 4 is 17.5 Å². The van der Waals surface area contributed by atoms with Gasteiger partial charge in [-0.1, -0.05) is 42.5 Å². The number of hydrogen-bond donors (Lipinski definition) is 1. The summed E-state index contributed by atoms with van der Waals surface area (Å²) in [4.78, 5) is 42.1. The van der Waals surface area contributed by atoms with E-state index in [0.29, 0.717) is 36.1 Å². The first kappa shape index (κ1) is 27.3. The maximum absolute atomic E-state index is 15.0. The van der Waals surface area contributed by atoms with Crippen LogP contribution in [0.1, 0.15) is 50.0 Å². The van der Waals surface area contributed by atoms with Crippen molar-refractivity contribution < 1.29 is 31.9 Å². The molecule has 2 bridgehead atoms. The van der Waals surface area contributed by atoms with Crippen LogP contribution in [-0.4, -0.2) is 22.9 Å². The average molecular weight is 578 g/mol. The summed E-state index contributed by atoms with van der Waals surface area (Å²) < 4.78 is 64.1. The molecular weight excluding hydrogens is 554 g/mol. The zero-order valence-corrected chi connectivity index (χ0v) is 22.0. The minimum atomic E-state index is -1.20. The van der Waals surface area contributed by atoms with Gasteiger partial charge in [-0.15, -0.1) is 0 Å². The fraction of sp³-hybridized carbons (Fsp3) is 0.194. The van der Waals surface area contributed by atoms with Crippen molar-refractivity contribution in [3.05, 3.63) is 128 Å². The van der Waals surface area contributed by atoms with Gasteiger partial charge in [0.05, 0.1) is 11.7 Å². The lowest BCUT2D eigenvalue weighted by Gasteiger charge is -2.35. The third-order valence-corrected chi connectivity index (χ3v) is 7.52. The Morgan fingerprint density at radius 1 is 0.952 bits per heavy atom. The lowest BCUT2D eigenvalue weighted by molar-refractivity contribution is 0.0926. The summed E-state index contributed by atoms with van der Waals surface area (Å²) in [5.74, 6) is -6.11. The number of pyridine rings is 1. The number of benzene rings is 3. The number of carbonyl (C=O) groups excluding carboxylic acids is 2. The molecule has 11 heteroatoms. The Morgan fingerprint density at radius 2 is 1.69 bits per heavy atom. The molecule has 42 heavy (non-hydrogen) atoms. The molecule has 3 heterocycles. The van der Waals surface area contributed by atoms with E-state index in [1.54, 1.807) is 42.5 Å². The summed E-state index contributed by atoms with van der Waals surface area (Å²) in [7, 11) is 0. The van der Waals surface area contributed by atoms with Crippen LogP contribution < -0.4 is 20.4 Å². The highest BCUT2D eigenvalue weighted by Crippen LogP contribution is 2.39. The lowest BCUT2D eigenvalue weighted by atomic mass is 10.0. The highest BCUT2D eigenvalue weighted by Gasteiger charge is 2.40. The number of rotatable bonds is 6. The highest BCUT2D eigenvalue weighted by molar-refractivity contribution is 6.09. The predicted molar refractivity (Wildman–Crippen MR) is 144 cm³/mol. The normalized spacial score (nSPS) is 15.5. The fourth-order valence-corrected chi connectivity index (χ4v) is 5.45. The molecule has 0 spiro atoms. The Labute approximate surface area is 237 Å². The van der Waals surface area contributed by atoms with Gasteiger partial charge in [-0.2, -0.15) is 0 Å². The fourth-order valence-electron chi connectivity index (χ4n) is 5.45. The molecule has 7 nitrogen and oxygen atoms in total. The van der Waals surface area contributed by atoms with E-state index in [0.717, 1.165) is 0 Å². The van der Waals surface area contributed by atoms with Gasteiger partial charge < -0.3 is 19.5 Å². The van der Waals surface area contributed by atoms with Crippen molar-refractivity contribution in [1.29, 1.82) is 0 Å². The maximum Gasteiger partial charge on any atom is 0.279 e. The second-order valence-corrected chi connectivity index (χ2v) is 10.1. The Kier molecular flexibility index (Phi) is 7.01. The number of amides is 2. The number of nitrogens with zero attached hydrogens (tertiary/aromatic N) is 2. The quantitative estimate of drug-likeness (QED) is 0.325. The molecule has 1 atom stereocenters. The van der Waals surface area contributed by atoms with Crippen LogP contribution in [0, 0.1) is 23.3 Å². The van der Waals surface area contributed by atoms with Crippen molar-refractivity contribution in [3.8, 4) is 5.75 Å². The zero-order valence-electron chi connectivity index (χ0n) is 22.0. The first-order chi connectivity index (χ1) is 20.2. The first-order valence-corrected chi connectivity index (χ1v) is 13.2. The Hall–Kier alpha value is -4.93. The molecule has 6 rings (SSSR count). The number of hydrogen-bond acceptors (Lipinski definition) is 4. The molecule has 214 valence electrons. The van der Waals surface area contributed by atoms with Crippen molar-refractivity contribution in [2.75, 3.05) is 11.4 Å². The van der Waals surface area contributed by atoms with Crippen LogP contribution in [0.5, 0.6) is 5.75 Å². The van der Waals surface area contributed by atoms with Crippen molar-refractivity contribution in [2.24, 2.45) is 0 Å². The van der Waals surface area contributed by atoms with Gasteiger partial charge in [0, 0.05) is 37.0 Å². The summed E-state index contributed by atoms with van der Waals surface area (Å²) in [6, 6.07) is 13.9. The van der Waals surface area contributed by atoms with E-state index >= 15 is 0 Å². The summed E-state index contributed by atoms with van der Waals surface area (Å²) in [5, 5.41) is 2.31. The van der Waals surface area contributed by atoms with Gasteiger partial charge in [0.15, 0.2) is 11.4 Å². The van der Waals surface area contributed by atoms with Gasteiger partial charge in [-0.05, 0) is 30.0 Å². The van der Waals surface area contributed by atoms with Gasteiger partial charge in [0.1, 0.15) is 35.4 Å². The third kappa shape index (κ3) is 4.80. The molecule has 0 saturated carbocycles. The average Bonchev–Trinajstić information content (AvgIpc) is 3.14. The van der Waals surface area contributed by atoms with Crippen molar-refractivity contribution in [1.82, 2.24) is 9.88 Å². The molecule has 1 unspecified atom stereocenters. The van der Waals surface area contributed by atoms with Crippen molar-refractivity contribution in [2.45, 2.75) is 32.0 Å². The molecule has 4 aromatic rings. The largest absolute Gasteiger partial charge is 0.483 e. The Balaban J connectivity index is 1.42. The molecule has 0 radical (unpaired) electrons. The number of carbonyl (C=O) groups is 2. The number of nitrogens with one attached hydrogen (secondary N) is 1. The van der Waals surface area contributed by atoms with Crippen molar-refractivity contribution in [3.63, 3.8) is 0 Å². The number of halogens is 4. The van der Waals surface area contributed by atoms with Crippen LogP contribution in [0.3, 0.4) is 0 Å². The maximum atomic E-state index is 15.0. The number of aromatic nitrogens is 1. The van der Waals surface area contributed by atoms with E-state index in [1.165, 1.54) is 21.7 Å². The molecule has 1 aromatic heterocycles. The highest BCUT2D eigenvalue weighted by atomic mass is 19.1. The topological polar surface area (TPSA) is 80.6 Å². The van der Waals surface area contributed by atoms with Crippen LogP contribution in [-0.2, 0) is 19.6 Å². The predicted octanol–water partition coefficient (Wildman–Crippen LogP) is 5.06. The summed E-state index contributed by atoms with van der Waals surface area (Å²) in [6.45, 7) is -0.681. The van der Waals surface area contributed by atoms with E-state index in [1.807, 2.05) is 0 Å². The molecule has 0 fully saturated rings. The second-order valence-electron chi connectivity index (χ2n) is 10.1. The molecule has 2 aliphatic rings. The molecular formula is C31H23F4N3O4. The summed E-state index contributed by atoms with van der Waals surface area (Å²) in [6.07, 6.45) is 2.12. The number of para-hydroxylation sites is 1. The number of fused-ring (bicyclic) bond motifs is 6. The monoisotopic (exact) mass is 577 g/mol. The van der Waals surface area contributed by atoms with Gasteiger partial charge in [-0.25, -0.2) is 17.6 Å². The lowest BCUT2D eigenvalue weighted by Crippen LogP contribution is -2.45. The molecule has 3 aromatic carbocycles. The summed E-state index contributed by atoms with van der Waals surface area (Å²) >= 11 is 0. The first-order valence-electron chi connectivity index (χ1n) is 13.2. The zero-order chi connectivity index (χ0) is 29.5. The Bertz CT molecular complexity index is 1770. The third-order valence-electron chi connectivity index (χ3n) is 7.52. The van der Waals surface area contributed by atoms with Gasteiger partial charge >= 0.3 is 0 Å². The van der Waals surface area contributed by atoms with E-state index in [-0.39, 0.29) is 24.5 Å². The standard InChI is InChI=1S/C31H23F4N3O4/c32-19-11-24(34)21(25(35)12-19)13-36-30(40)22-15-37-20-10-9-18-7-4-8-23(33)26(18)38(14-20)31(41)27(37)29(28(22)39)42-16-17-5-2-1-3-6-17/h1-8,11-12,15,20H,9-10,13-14,16H2,(H,36,40). The molecule has 2 aliphatic heterocycles. The van der Waals surface area contributed by atoms with E-state index in [9.17, 15) is 31.9 Å². The summed E-state index contributed by atoms with van der Waals surface area (Å²) in [5.41, 5.74) is -0.591. The van der Waals surface area contributed by atoms with Gasteiger partial charge in [0.2, 0.25) is 5.43 Å². The minimum absolute atomic E-state index is 0.0911. The van der Waals surface area contributed by atoms with Crippen LogP contribution in [0.15, 0.2) is 71.7 Å². The van der Waals surface area contributed by atoms with E-state index in [4.69, 9.17) is 4.74 Å². The van der Waals surface area contributed by atoms with Gasteiger partial charge in [0.25, 0.3) is 11.8 Å². The minimum Gasteiger partial charge on any atom is -0.483 e. The SMILES string of the molecule is O=C(NCc1c(F)cc(F)cc1F)c1cn2c(c(OCc3ccccc3)c1=O)C(=O)N1CC2CCc2cccc(F)c21. The Morgan fingerprint density at radius 3 is 2.43 bits per heavy atom. The van der Waals surface area contributed by atoms with Crippen LogP contribution in [0.25, 0.3) is 0 Å². The molecule has 0 saturated heterocycles. The molecule has 2 amide bonds. The van der Waals surface area contributed by atoms with E-state index in [2.05, 4.69) is 5.32 Å². The number of ether oxygens (including phenoxy) is 1.